The maximum Gasteiger partial charge on any atom is 0.341 e. The molecule has 0 amide bonds. The molecule has 9 atom stereocenters. The normalized spacial score (nSPS) is 43.7. The molecule has 11 nitrogen and oxygen atoms in total. The van der Waals surface area contributed by atoms with Gasteiger partial charge < -0.3 is 39.1 Å². The van der Waals surface area contributed by atoms with E-state index in [0.29, 0.717) is 5.57 Å². The summed E-state index contributed by atoms with van der Waals surface area (Å²) in [7, 11) is 0. The molecule has 11 heteroatoms. The topological polar surface area (TPSA) is 173 Å². The van der Waals surface area contributed by atoms with Crippen LogP contribution < -0.4 is 0 Å². The van der Waals surface area contributed by atoms with Gasteiger partial charge >= 0.3 is 11.9 Å². The monoisotopic (exact) mass is 534 g/mol. The molecule has 38 heavy (non-hydrogen) atoms. The highest BCUT2D eigenvalue weighted by atomic mass is 16.6. The highest BCUT2D eigenvalue weighted by Gasteiger charge is 2.77. The van der Waals surface area contributed by atoms with E-state index >= 15 is 0 Å². The molecule has 1 saturated heterocycles. The average Bonchev–Trinajstić information content (AvgIpc) is 3.37. The van der Waals surface area contributed by atoms with Crippen molar-refractivity contribution in [2.24, 2.45) is 16.7 Å². The molecule has 1 aromatic heterocycles. The zero-order valence-corrected chi connectivity index (χ0v) is 22.0. The van der Waals surface area contributed by atoms with Crippen molar-refractivity contribution in [3.63, 3.8) is 0 Å². The molecule has 2 bridgehead atoms. The van der Waals surface area contributed by atoms with E-state index in [1.807, 2.05) is 0 Å². The number of hydrogen-bond donors (Lipinski definition) is 4. The van der Waals surface area contributed by atoms with Gasteiger partial charge in [-0.2, -0.15) is 0 Å². The second-order valence-electron chi connectivity index (χ2n) is 11.8. The number of aliphatic hydroxyl groups excluding tert-OH is 3. The minimum absolute atomic E-state index is 0.0316. The number of ketones is 1. The minimum atomic E-state index is -2.08. The molecule has 4 aliphatic rings. The van der Waals surface area contributed by atoms with E-state index in [2.05, 4.69) is 0 Å². The van der Waals surface area contributed by atoms with Gasteiger partial charge in [-0.05, 0) is 31.1 Å². The third kappa shape index (κ3) is 3.29. The lowest BCUT2D eigenvalue weighted by molar-refractivity contribution is -0.345. The molecule has 0 unspecified atom stereocenters. The number of carbonyl (C=O) groups excluding carboxylic acids is 3. The van der Waals surface area contributed by atoms with Gasteiger partial charge in [-0.15, -0.1) is 0 Å². The summed E-state index contributed by atoms with van der Waals surface area (Å²) in [6.07, 6.45) is -4.93. The van der Waals surface area contributed by atoms with Crippen molar-refractivity contribution in [3.05, 3.63) is 35.3 Å². The summed E-state index contributed by atoms with van der Waals surface area (Å²) in [5.74, 6) is -3.73. The van der Waals surface area contributed by atoms with Gasteiger partial charge in [0.1, 0.15) is 30.2 Å². The van der Waals surface area contributed by atoms with E-state index in [0.717, 1.165) is 6.26 Å². The Labute approximate surface area is 219 Å². The second kappa shape index (κ2) is 8.46. The first kappa shape index (κ1) is 27.0. The molecule has 2 heterocycles. The Morgan fingerprint density at radius 2 is 1.84 bits per heavy atom. The number of esters is 2. The second-order valence-corrected chi connectivity index (χ2v) is 11.8. The molecule has 3 fully saturated rings. The highest BCUT2D eigenvalue weighted by molar-refractivity contribution is 5.94. The maximum absolute atomic E-state index is 14.2. The maximum atomic E-state index is 14.2. The summed E-state index contributed by atoms with van der Waals surface area (Å²) >= 11 is 0. The van der Waals surface area contributed by atoms with Crippen molar-refractivity contribution in [2.75, 3.05) is 6.61 Å². The molecule has 4 N–H and O–H groups in total. The minimum Gasteiger partial charge on any atom is -0.472 e. The van der Waals surface area contributed by atoms with Crippen LogP contribution in [0.4, 0.5) is 0 Å². The Bertz CT molecular complexity index is 1200. The standard InChI is InChI=1S/C27H34O11/c1-12-15(29)9-27(34)22(37-23(33)14-6-7-35-10-14)20-25(5,21(32)19(31)18(12)24(27,3)4)16(30)8-17-26(20,11-36-17)38-13(2)28/h6-7,10,15-17,19-20,22,29-31,34H,8-9,11H2,1-5H3/t15-,16-,17+,19+,20-,22-,25+,26-,27+/m0/s1. The van der Waals surface area contributed by atoms with E-state index < -0.39 is 76.2 Å². The van der Waals surface area contributed by atoms with Crippen LogP contribution in [0, 0.1) is 16.7 Å². The van der Waals surface area contributed by atoms with Crippen molar-refractivity contribution in [1.82, 2.24) is 0 Å². The van der Waals surface area contributed by atoms with Crippen molar-refractivity contribution >= 4 is 17.7 Å². The fraction of sp³-hybridized carbons (Fsp3) is 0.667. The van der Waals surface area contributed by atoms with Crippen LogP contribution in [0.1, 0.15) is 57.8 Å². The van der Waals surface area contributed by atoms with Crippen molar-refractivity contribution in [2.45, 2.75) is 89.2 Å². The number of carbonyl (C=O) groups is 3. The predicted octanol–water partition coefficient (Wildman–Crippen LogP) is 0.675. The molecule has 208 valence electrons. The molecule has 1 aliphatic heterocycles. The fourth-order valence-corrected chi connectivity index (χ4v) is 7.47. The molecular weight excluding hydrogens is 500 g/mol. The first-order valence-electron chi connectivity index (χ1n) is 12.7. The van der Waals surface area contributed by atoms with E-state index in [1.165, 1.54) is 26.2 Å². The first-order valence-corrected chi connectivity index (χ1v) is 12.7. The zero-order valence-electron chi connectivity index (χ0n) is 22.0. The van der Waals surface area contributed by atoms with Crippen LogP contribution >= 0.6 is 0 Å². The third-order valence-electron chi connectivity index (χ3n) is 9.69. The van der Waals surface area contributed by atoms with Crippen LogP contribution in [0.3, 0.4) is 0 Å². The third-order valence-corrected chi connectivity index (χ3v) is 9.69. The predicted molar refractivity (Wildman–Crippen MR) is 127 cm³/mol. The quantitative estimate of drug-likeness (QED) is 0.317. The summed E-state index contributed by atoms with van der Waals surface area (Å²) in [4.78, 5) is 40.0. The molecule has 2 saturated carbocycles. The summed E-state index contributed by atoms with van der Waals surface area (Å²) in [6, 6.07) is 1.37. The lowest BCUT2D eigenvalue weighted by Crippen LogP contribution is -2.81. The van der Waals surface area contributed by atoms with Crippen LogP contribution in [-0.2, 0) is 23.8 Å². The Balaban J connectivity index is 1.82. The summed E-state index contributed by atoms with van der Waals surface area (Å²) in [5.41, 5.74) is -6.48. The number of ether oxygens (including phenoxy) is 3. The van der Waals surface area contributed by atoms with Crippen LogP contribution in [0.15, 0.2) is 34.2 Å². The van der Waals surface area contributed by atoms with Gasteiger partial charge in [-0.1, -0.05) is 13.8 Å². The Hall–Kier alpha value is -2.57. The Morgan fingerprint density at radius 3 is 2.39 bits per heavy atom. The number of fused-ring (bicyclic) bond motifs is 5. The van der Waals surface area contributed by atoms with Crippen LogP contribution in [-0.4, -0.2) is 86.5 Å². The van der Waals surface area contributed by atoms with Crippen molar-refractivity contribution in [1.29, 1.82) is 0 Å². The molecule has 0 aromatic carbocycles. The van der Waals surface area contributed by atoms with Crippen molar-refractivity contribution in [3.8, 4) is 0 Å². The zero-order chi connectivity index (χ0) is 28.0. The first-order chi connectivity index (χ1) is 17.6. The van der Waals surface area contributed by atoms with Crippen LogP contribution in [0.2, 0.25) is 0 Å². The van der Waals surface area contributed by atoms with E-state index in [1.54, 1.807) is 20.8 Å². The van der Waals surface area contributed by atoms with Crippen LogP contribution in [0.5, 0.6) is 0 Å². The lowest BCUT2D eigenvalue weighted by Gasteiger charge is -2.67. The van der Waals surface area contributed by atoms with Crippen molar-refractivity contribution < 1.29 is 53.4 Å². The Kier molecular flexibility index (Phi) is 6.02. The van der Waals surface area contributed by atoms with Gasteiger partial charge in [0, 0.05) is 25.2 Å². The molecule has 5 rings (SSSR count). The fourth-order valence-electron chi connectivity index (χ4n) is 7.47. The molecule has 1 aromatic rings. The van der Waals surface area contributed by atoms with Gasteiger partial charge in [0.2, 0.25) is 0 Å². The van der Waals surface area contributed by atoms with Crippen LogP contribution in [0.25, 0.3) is 0 Å². The van der Waals surface area contributed by atoms with Gasteiger partial charge in [-0.25, -0.2) is 4.79 Å². The van der Waals surface area contributed by atoms with E-state index in [4.69, 9.17) is 18.6 Å². The molecular formula is C27H34O11. The Morgan fingerprint density at radius 1 is 1.16 bits per heavy atom. The van der Waals surface area contributed by atoms with Gasteiger partial charge in [0.05, 0.1) is 42.0 Å². The number of rotatable bonds is 3. The number of furan rings is 1. The van der Waals surface area contributed by atoms with E-state index in [9.17, 15) is 34.8 Å². The summed E-state index contributed by atoms with van der Waals surface area (Å²) in [6.45, 7) is 7.19. The lowest BCUT2D eigenvalue weighted by atomic mass is 9.44. The van der Waals surface area contributed by atoms with E-state index in [-0.39, 0.29) is 30.6 Å². The number of hydrogen-bond acceptors (Lipinski definition) is 11. The average molecular weight is 535 g/mol. The van der Waals surface area contributed by atoms with Gasteiger partial charge in [0.25, 0.3) is 0 Å². The summed E-state index contributed by atoms with van der Waals surface area (Å²) in [5, 5.41) is 46.5. The summed E-state index contributed by atoms with van der Waals surface area (Å²) < 4.78 is 22.6. The van der Waals surface area contributed by atoms with Gasteiger partial charge in [0.15, 0.2) is 11.4 Å². The smallest absolute Gasteiger partial charge is 0.341 e. The number of Topliss-reactive ketones (excluding diaryl/α,β-unsaturated/α-hetero) is 1. The number of aliphatic hydroxyl groups is 4. The van der Waals surface area contributed by atoms with Gasteiger partial charge in [-0.3, -0.25) is 9.59 Å². The molecule has 3 aliphatic carbocycles. The molecule has 0 spiro atoms. The largest absolute Gasteiger partial charge is 0.472 e. The SMILES string of the molecule is CC(=O)O[C@@]12CO[C@@H]1C[C@H](O)[C@@]1(C)C(=O)[C@H](O)C3=C(C)[C@@H](O)C[C@@](O)([C@@H](OC(=O)c4ccoc4)[C@H]21)C3(C)C. The molecule has 0 radical (unpaired) electrons. The highest BCUT2D eigenvalue weighted by Crippen LogP contribution is 2.63.